The van der Waals surface area contributed by atoms with Crippen LogP contribution in [0.1, 0.15) is 61.7 Å². The lowest BCUT2D eigenvalue weighted by atomic mass is 9.82. The number of anilines is 1. The van der Waals surface area contributed by atoms with E-state index >= 15 is 0 Å². The number of benzene rings is 1. The Bertz CT molecular complexity index is 1410. The number of amides is 1. The monoisotopic (exact) mass is 516 g/mol. The molecule has 1 N–H and O–H groups in total. The SMILES string of the molecule is Cc1c(-c2ccc(-c3cc4ncccc4o3)cc2)sc(C(=O)O)c1N(C(=O)C1CCC(C)CC1)C(C)C. The summed E-state index contributed by atoms with van der Waals surface area (Å²) in [6, 6.07) is 13.4. The van der Waals surface area contributed by atoms with Gasteiger partial charge in [0.25, 0.3) is 0 Å². The molecule has 0 unspecified atom stereocenters. The predicted octanol–water partition coefficient (Wildman–Crippen LogP) is 7.80. The molecular formula is C30H32N2O4S. The summed E-state index contributed by atoms with van der Waals surface area (Å²) in [6.45, 7) is 8.08. The molecule has 1 aromatic carbocycles. The minimum absolute atomic E-state index is 0.0469. The fourth-order valence-corrected chi connectivity index (χ4v) is 6.48. The number of hydrogen-bond donors (Lipinski definition) is 1. The number of carbonyl (C=O) groups is 2. The van der Waals surface area contributed by atoms with Gasteiger partial charge in [0.1, 0.15) is 16.2 Å². The number of carboxylic acid groups (broad SMARTS) is 1. The number of aromatic carboxylic acids is 1. The van der Waals surface area contributed by atoms with Crippen LogP contribution in [0.4, 0.5) is 5.69 Å². The molecule has 0 atom stereocenters. The van der Waals surface area contributed by atoms with Crippen molar-refractivity contribution in [2.45, 2.75) is 59.4 Å². The van der Waals surface area contributed by atoms with E-state index in [1.165, 1.54) is 11.3 Å². The molecule has 192 valence electrons. The zero-order chi connectivity index (χ0) is 26.3. The number of furan rings is 1. The number of hydrogen-bond acceptors (Lipinski definition) is 5. The van der Waals surface area contributed by atoms with Crippen molar-refractivity contribution in [3.05, 3.63) is 59.1 Å². The van der Waals surface area contributed by atoms with E-state index in [-0.39, 0.29) is 22.7 Å². The molecule has 1 saturated carbocycles. The highest BCUT2D eigenvalue weighted by atomic mass is 32.1. The maximum Gasteiger partial charge on any atom is 0.348 e. The van der Waals surface area contributed by atoms with E-state index in [9.17, 15) is 14.7 Å². The molecule has 4 aromatic rings. The van der Waals surface area contributed by atoms with Crippen LogP contribution in [0.2, 0.25) is 0 Å². The van der Waals surface area contributed by atoms with Crippen LogP contribution in [0.5, 0.6) is 0 Å². The minimum atomic E-state index is -1.00. The van der Waals surface area contributed by atoms with E-state index in [0.29, 0.717) is 11.6 Å². The van der Waals surface area contributed by atoms with Crippen molar-refractivity contribution in [1.29, 1.82) is 0 Å². The molecule has 5 rings (SSSR count). The second-order valence-corrected chi connectivity index (χ2v) is 11.4. The Kier molecular flexibility index (Phi) is 6.90. The highest BCUT2D eigenvalue weighted by Gasteiger charge is 2.35. The Labute approximate surface area is 220 Å². The van der Waals surface area contributed by atoms with Crippen LogP contribution < -0.4 is 4.90 Å². The van der Waals surface area contributed by atoms with E-state index in [4.69, 9.17) is 4.42 Å². The van der Waals surface area contributed by atoms with Gasteiger partial charge in [0.2, 0.25) is 5.91 Å². The van der Waals surface area contributed by atoms with Crippen molar-refractivity contribution >= 4 is 40.0 Å². The third-order valence-corrected chi connectivity index (χ3v) is 8.71. The van der Waals surface area contributed by atoms with Crippen molar-refractivity contribution in [1.82, 2.24) is 4.98 Å². The zero-order valence-electron chi connectivity index (χ0n) is 21.7. The molecular weight excluding hydrogens is 484 g/mol. The van der Waals surface area contributed by atoms with Crippen LogP contribution >= 0.6 is 11.3 Å². The van der Waals surface area contributed by atoms with Crippen LogP contribution in [-0.2, 0) is 4.79 Å². The second kappa shape index (κ2) is 10.1. The molecule has 0 aliphatic heterocycles. The first-order valence-corrected chi connectivity index (χ1v) is 13.7. The van der Waals surface area contributed by atoms with Crippen LogP contribution in [-0.4, -0.2) is 28.0 Å². The van der Waals surface area contributed by atoms with Crippen LogP contribution in [0.25, 0.3) is 32.9 Å². The van der Waals surface area contributed by atoms with E-state index < -0.39 is 5.97 Å². The Morgan fingerprint density at radius 2 is 1.76 bits per heavy atom. The summed E-state index contributed by atoms with van der Waals surface area (Å²) in [5, 5.41) is 10.1. The van der Waals surface area contributed by atoms with Crippen LogP contribution in [0.3, 0.4) is 0 Å². The fourth-order valence-electron chi connectivity index (χ4n) is 5.34. The van der Waals surface area contributed by atoms with E-state index in [2.05, 4.69) is 11.9 Å². The Balaban J connectivity index is 1.50. The van der Waals surface area contributed by atoms with Crippen molar-refractivity contribution in [3.8, 4) is 21.8 Å². The largest absolute Gasteiger partial charge is 0.477 e. The van der Waals surface area contributed by atoms with Gasteiger partial charge in [-0.15, -0.1) is 11.3 Å². The average molecular weight is 517 g/mol. The van der Waals surface area contributed by atoms with Gasteiger partial charge in [-0.05, 0) is 75.6 Å². The third kappa shape index (κ3) is 4.80. The lowest BCUT2D eigenvalue weighted by Gasteiger charge is -2.34. The average Bonchev–Trinajstić information content (AvgIpc) is 3.46. The van der Waals surface area contributed by atoms with Gasteiger partial charge < -0.3 is 14.4 Å². The lowest BCUT2D eigenvalue weighted by Crippen LogP contribution is -2.43. The fraction of sp³-hybridized carbons (Fsp3) is 0.367. The number of aromatic nitrogens is 1. The number of carboxylic acids is 1. The van der Waals surface area contributed by atoms with Crippen molar-refractivity contribution < 1.29 is 19.1 Å². The van der Waals surface area contributed by atoms with Gasteiger partial charge in [0.05, 0.1) is 5.69 Å². The van der Waals surface area contributed by atoms with Crippen molar-refractivity contribution in [3.63, 3.8) is 0 Å². The van der Waals surface area contributed by atoms with Gasteiger partial charge in [-0.2, -0.15) is 0 Å². The normalized spacial score (nSPS) is 17.9. The molecule has 1 fully saturated rings. The van der Waals surface area contributed by atoms with Gasteiger partial charge in [-0.3, -0.25) is 9.78 Å². The summed E-state index contributed by atoms with van der Waals surface area (Å²) in [6.07, 6.45) is 5.54. The summed E-state index contributed by atoms with van der Waals surface area (Å²) in [5.41, 5.74) is 4.74. The van der Waals surface area contributed by atoms with Gasteiger partial charge in [0, 0.05) is 34.7 Å². The maximum atomic E-state index is 13.7. The number of fused-ring (bicyclic) bond motifs is 1. The van der Waals surface area contributed by atoms with Gasteiger partial charge in [-0.25, -0.2) is 4.79 Å². The Hall–Kier alpha value is -3.45. The standard InChI is InChI=1S/C30H32N2O4S/c1-17(2)32(29(33)22-9-7-18(3)8-10-22)26-19(4)27(37-28(26)30(34)35)21-13-11-20(12-14-21)25-16-23-24(36-25)6-5-15-31-23/h5-6,11-18,22H,7-10H2,1-4H3,(H,34,35). The second-order valence-electron chi connectivity index (χ2n) is 10.4. The van der Waals surface area contributed by atoms with Crippen molar-refractivity contribution in [2.75, 3.05) is 4.90 Å². The van der Waals surface area contributed by atoms with Crippen LogP contribution in [0.15, 0.2) is 53.1 Å². The number of pyridine rings is 1. The van der Waals surface area contributed by atoms with E-state index in [0.717, 1.165) is 64.1 Å². The molecule has 7 heteroatoms. The summed E-state index contributed by atoms with van der Waals surface area (Å²) in [7, 11) is 0. The first-order chi connectivity index (χ1) is 17.7. The first-order valence-electron chi connectivity index (χ1n) is 12.9. The maximum absolute atomic E-state index is 13.7. The smallest absolute Gasteiger partial charge is 0.348 e. The van der Waals surface area contributed by atoms with E-state index in [1.54, 1.807) is 11.1 Å². The minimum Gasteiger partial charge on any atom is -0.477 e. The number of thiophene rings is 1. The zero-order valence-corrected chi connectivity index (χ0v) is 22.5. The number of nitrogens with zero attached hydrogens (tertiary/aromatic N) is 2. The summed E-state index contributed by atoms with van der Waals surface area (Å²) in [5.74, 6) is 0.357. The molecule has 0 saturated heterocycles. The lowest BCUT2D eigenvalue weighted by molar-refractivity contribution is -0.123. The quantitative estimate of drug-likeness (QED) is 0.283. The molecule has 3 heterocycles. The molecule has 3 aromatic heterocycles. The Morgan fingerprint density at radius 3 is 2.38 bits per heavy atom. The number of rotatable bonds is 6. The summed E-state index contributed by atoms with van der Waals surface area (Å²) in [4.78, 5) is 33.2. The topological polar surface area (TPSA) is 83.6 Å². The number of carbonyl (C=O) groups excluding carboxylic acids is 1. The van der Waals surface area contributed by atoms with Gasteiger partial charge in [-0.1, -0.05) is 31.2 Å². The first kappa shape index (κ1) is 25.2. The van der Waals surface area contributed by atoms with Crippen molar-refractivity contribution in [2.24, 2.45) is 11.8 Å². The summed E-state index contributed by atoms with van der Waals surface area (Å²) < 4.78 is 5.94. The highest BCUT2D eigenvalue weighted by molar-refractivity contribution is 7.18. The molecule has 0 radical (unpaired) electrons. The highest BCUT2D eigenvalue weighted by Crippen LogP contribution is 2.44. The Morgan fingerprint density at radius 1 is 1.08 bits per heavy atom. The van der Waals surface area contributed by atoms with Crippen LogP contribution in [0, 0.1) is 18.8 Å². The molecule has 1 aliphatic carbocycles. The summed E-state index contributed by atoms with van der Waals surface area (Å²) >= 11 is 1.24. The molecule has 0 spiro atoms. The van der Waals surface area contributed by atoms with E-state index in [1.807, 2.05) is 63.2 Å². The van der Waals surface area contributed by atoms with Gasteiger partial charge >= 0.3 is 5.97 Å². The molecule has 1 aliphatic rings. The van der Waals surface area contributed by atoms with Gasteiger partial charge in [0.15, 0.2) is 5.58 Å². The molecule has 0 bridgehead atoms. The molecule has 37 heavy (non-hydrogen) atoms. The predicted molar refractivity (Wildman–Crippen MR) is 148 cm³/mol. The molecule has 1 amide bonds. The third-order valence-electron chi connectivity index (χ3n) is 7.39. The molecule has 6 nitrogen and oxygen atoms in total.